The second-order valence-corrected chi connectivity index (χ2v) is 5.22. The van der Waals surface area contributed by atoms with Gasteiger partial charge in [0.1, 0.15) is 18.5 Å². The summed E-state index contributed by atoms with van der Waals surface area (Å²) in [5.41, 5.74) is 1.17. The average Bonchev–Trinajstić information content (AvgIpc) is 3.21. The van der Waals surface area contributed by atoms with Crippen molar-refractivity contribution in [1.29, 1.82) is 0 Å². The van der Waals surface area contributed by atoms with Crippen LogP contribution in [0.3, 0.4) is 0 Å². The number of carbonyl (C=O) groups excluding carboxylic acids is 1. The van der Waals surface area contributed by atoms with Crippen LogP contribution in [-0.2, 0) is 11.2 Å². The number of nitrogens with one attached hydrogen (secondary N) is 2. The molecule has 1 aliphatic rings. The SMILES string of the molecule is CC(C)NC(=O)NCCc1ccc(OCC2CO2)cc1. The molecule has 1 saturated heterocycles. The molecule has 110 valence electrons. The summed E-state index contributed by atoms with van der Waals surface area (Å²) in [7, 11) is 0. The topological polar surface area (TPSA) is 62.9 Å². The number of hydrogen-bond donors (Lipinski definition) is 2. The first-order valence-electron chi connectivity index (χ1n) is 7.01. The fourth-order valence-corrected chi connectivity index (χ4v) is 1.74. The zero-order valence-corrected chi connectivity index (χ0v) is 12.0. The molecular weight excluding hydrogens is 256 g/mol. The standard InChI is InChI=1S/C15H22N2O3/c1-11(2)17-15(18)16-8-7-12-3-5-13(6-4-12)19-9-14-10-20-14/h3-6,11,14H,7-10H2,1-2H3,(H2,16,17,18). The molecule has 0 saturated carbocycles. The Hall–Kier alpha value is -1.75. The molecular formula is C15H22N2O3. The fourth-order valence-electron chi connectivity index (χ4n) is 1.74. The van der Waals surface area contributed by atoms with Crippen LogP contribution in [0.25, 0.3) is 0 Å². The normalized spacial score (nSPS) is 16.9. The third kappa shape index (κ3) is 5.48. The Morgan fingerprint density at radius 1 is 1.40 bits per heavy atom. The van der Waals surface area contributed by atoms with Gasteiger partial charge in [0.05, 0.1) is 6.61 Å². The van der Waals surface area contributed by atoms with Crippen LogP contribution in [0.15, 0.2) is 24.3 Å². The van der Waals surface area contributed by atoms with Crippen molar-refractivity contribution in [2.24, 2.45) is 0 Å². The number of carbonyl (C=O) groups is 1. The summed E-state index contributed by atoms with van der Waals surface area (Å²) in [5.74, 6) is 0.856. The third-order valence-electron chi connectivity index (χ3n) is 2.88. The van der Waals surface area contributed by atoms with Crippen molar-refractivity contribution in [3.8, 4) is 5.75 Å². The molecule has 2 N–H and O–H groups in total. The van der Waals surface area contributed by atoms with Gasteiger partial charge in [-0.15, -0.1) is 0 Å². The smallest absolute Gasteiger partial charge is 0.314 e. The molecule has 1 aliphatic heterocycles. The van der Waals surface area contributed by atoms with Gasteiger partial charge in [-0.1, -0.05) is 12.1 Å². The van der Waals surface area contributed by atoms with Gasteiger partial charge < -0.3 is 20.1 Å². The number of epoxide rings is 1. The van der Waals surface area contributed by atoms with Crippen LogP contribution in [0.4, 0.5) is 4.79 Å². The monoisotopic (exact) mass is 278 g/mol. The highest BCUT2D eigenvalue weighted by molar-refractivity contribution is 5.74. The van der Waals surface area contributed by atoms with Gasteiger partial charge in [0.25, 0.3) is 0 Å². The second kappa shape index (κ2) is 7.14. The number of ether oxygens (including phenoxy) is 2. The van der Waals surface area contributed by atoms with Crippen LogP contribution < -0.4 is 15.4 Å². The minimum absolute atomic E-state index is 0.121. The second-order valence-electron chi connectivity index (χ2n) is 5.22. The molecule has 1 unspecified atom stereocenters. The number of rotatable bonds is 7. The maximum atomic E-state index is 11.4. The van der Waals surface area contributed by atoms with Gasteiger partial charge in [0.2, 0.25) is 0 Å². The molecule has 0 bridgehead atoms. The van der Waals surface area contributed by atoms with Crippen LogP contribution in [0.5, 0.6) is 5.75 Å². The average molecular weight is 278 g/mol. The van der Waals surface area contributed by atoms with E-state index in [4.69, 9.17) is 9.47 Å². The van der Waals surface area contributed by atoms with Crippen LogP contribution >= 0.6 is 0 Å². The van der Waals surface area contributed by atoms with Crippen molar-refractivity contribution in [2.75, 3.05) is 19.8 Å². The van der Waals surface area contributed by atoms with E-state index in [1.807, 2.05) is 38.1 Å². The van der Waals surface area contributed by atoms with E-state index in [0.29, 0.717) is 13.2 Å². The molecule has 0 aliphatic carbocycles. The van der Waals surface area contributed by atoms with Gasteiger partial charge in [0, 0.05) is 12.6 Å². The predicted octanol–water partition coefficient (Wildman–Crippen LogP) is 1.71. The molecule has 0 radical (unpaired) electrons. The highest BCUT2D eigenvalue weighted by Crippen LogP contribution is 2.15. The molecule has 2 rings (SSSR count). The lowest BCUT2D eigenvalue weighted by Gasteiger charge is -2.10. The van der Waals surface area contributed by atoms with Gasteiger partial charge in [-0.2, -0.15) is 0 Å². The van der Waals surface area contributed by atoms with E-state index < -0.39 is 0 Å². The van der Waals surface area contributed by atoms with Crippen molar-refractivity contribution >= 4 is 6.03 Å². The van der Waals surface area contributed by atoms with E-state index in [-0.39, 0.29) is 18.2 Å². The summed E-state index contributed by atoms with van der Waals surface area (Å²) in [4.78, 5) is 11.4. The Labute approximate surface area is 119 Å². The van der Waals surface area contributed by atoms with Crippen molar-refractivity contribution in [3.63, 3.8) is 0 Å². The molecule has 5 nitrogen and oxygen atoms in total. The molecule has 2 amide bonds. The summed E-state index contributed by atoms with van der Waals surface area (Å²) >= 11 is 0. The summed E-state index contributed by atoms with van der Waals surface area (Å²) in [6.45, 7) is 5.92. The lowest BCUT2D eigenvalue weighted by atomic mass is 10.1. The van der Waals surface area contributed by atoms with Gasteiger partial charge in [-0.25, -0.2) is 4.79 Å². The summed E-state index contributed by atoms with van der Waals surface area (Å²) in [5, 5.41) is 5.62. The van der Waals surface area contributed by atoms with Crippen LogP contribution in [0.1, 0.15) is 19.4 Å². The first-order valence-corrected chi connectivity index (χ1v) is 7.01. The van der Waals surface area contributed by atoms with E-state index in [9.17, 15) is 4.79 Å². The summed E-state index contributed by atoms with van der Waals surface area (Å²) in [6.07, 6.45) is 1.08. The van der Waals surface area contributed by atoms with Gasteiger partial charge in [-0.3, -0.25) is 0 Å². The molecule has 5 heteroatoms. The Kier molecular flexibility index (Phi) is 5.24. The van der Waals surface area contributed by atoms with E-state index in [1.54, 1.807) is 0 Å². The molecule has 20 heavy (non-hydrogen) atoms. The van der Waals surface area contributed by atoms with E-state index >= 15 is 0 Å². The van der Waals surface area contributed by atoms with Crippen LogP contribution in [0.2, 0.25) is 0 Å². The number of benzene rings is 1. The molecule has 1 aromatic carbocycles. The Morgan fingerprint density at radius 3 is 2.70 bits per heavy atom. The van der Waals surface area contributed by atoms with Crippen LogP contribution in [-0.4, -0.2) is 37.9 Å². The Morgan fingerprint density at radius 2 is 2.10 bits per heavy atom. The molecule has 0 aromatic heterocycles. The molecule has 1 atom stereocenters. The fraction of sp³-hybridized carbons (Fsp3) is 0.533. The largest absolute Gasteiger partial charge is 0.491 e. The van der Waals surface area contributed by atoms with E-state index in [0.717, 1.165) is 18.8 Å². The minimum Gasteiger partial charge on any atom is -0.491 e. The van der Waals surface area contributed by atoms with Crippen molar-refractivity contribution in [1.82, 2.24) is 10.6 Å². The first kappa shape index (κ1) is 14.7. The highest BCUT2D eigenvalue weighted by atomic mass is 16.6. The molecule has 1 aromatic rings. The predicted molar refractivity (Wildman–Crippen MR) is 77.1 cm³/mol. The van der Waals surface area contributed by atoms with Crippen molar-refractivity contribution in [2.45, 2.75) is 32.4 Å². The summed E-state index contributed by atoms with van der Waals surface area (Å²) in [6, 6.07) is 7.97. The zero-order chi connectivity index (χ0) is 14.4. The van der Waals surface area contributed by atoms with Gasteiger partial charge >= 0.3 is 6.03 Å². The first-order chi connectivity index (χ1) is 9.63. The quantitative estimate of drug-likeness (QED) is 0.746. The number of hydrogen-bond acceptors (Lipinski definition) is 3. The Balaban J connectivity index is 1.66. The van der Waals surface area contributed by atoms with Crippen LogP contribution in [0, 0.1) is 0 Å². The van der Waals surface area contributed by atoms with Gasteiger partial charge in [0.15, 0.2) is 0 Å². The van der Waals surface area contributed by atoms with E-state index in [1.165, 1.54) is 5.56 Å². The minimum atomic E-state index is -0.121. The maximum Gasteiger partial charge on any atom is 0.314 e. The van der Waals surface area contributed by atoms with Gasteiger partial charge in [-0.05, 0) is 38.0 Å². The van der Waals surface area contributed by atoms with Crippen molar-refractivity contribution in [3.05, 3.63) is 29.8 Å². The summed E-state index contributed by atoms with van der Waals surface area (Å²) < 4.78 is 10.7. The van der Waals surface area contributed by atoms with E-state index in [2.05, 4.69) is 10.6 Å². The maximum absolute atomic E-state index is 11.4. The lowest BCUT2D eigenvalue weighted by Crippen LogP contribution is -2.40. The molecule has 1 heterocycles. The molecule has 1 fully saturated rings. The highest BCUT2D eigenvalue weighted by Gasteiger charge is 2.22. The third-order valence-corrected chi connectivity index (χ3v) is 2.88. The zero-order valence-electron chi connectivity index (χ0n) is 12.0. The van der Waals surface area contributed by atoms with Crippen molar-refractivity contribution < 1.29 is 14.3 Å². The number of urea groups is 1. The Bertz CT molecular complexity index is 427. The molecule has 0 spiro atoms. The number of amides is 2. The lowest BCUT2D eigenvalue weighted by molar-refractivity contribution is 0.238.